The summed E-state index contributed by atoms with van der Waals surface area (Å²) in [5, 5.41) is 21.7. The first-order valence-corrected chi connectivity index (χ1v) is 8.28. The molecule has 134 valence electrons. The summed E-state index contributed by atoms with van der Waals surface area (Å²) in [7, 11) is 3.89. The third-order valence-electron chi connectivity index (χ3n) is 4.59. The first kappa shape index (κ1) is 17.8. The monoisotopic (exact) mass is 351 g/mol. The Balaban J connectivity index is 2.24. The van der Waals surface area contributed by atoms with E-state index in [1.54, 1.807) is 17.7 Å². The molecule has 0 spiro atoms. The molecule has 2 aromatic carbocycles. The fraction of sp³-hybridized carbons (Fsp3) is 0.263. The highest BCUT2D eigenvalue weighted by atomic mass is 16.4. The van der Waals surface area contributed by atoms with E-state index in [0.717, 1.165) is 11.1 Å². The smallest absolute Gasteiger partial charge is 0.336 e. The second-order valence-corrected chi connectivity index (χ2v) is 6.43. The predicted molar refractivity (Wildman–Crippen MR) is 98.4 cm³/mol. The van der Waals surface area contributed by atoms with E-state index in [2.05, 4.69) is 15.5 Å². The highest BCUT2D eigenvalue weighted by Gasteiger charge is 2.21. The molecule has 1 aromatic heterocycles. The van der Waals surface area contributed by atoms with Crippen LogP contribution in [0, 0.1) is 6.92 Å². The van der Waals surface area contributed by atoms with Crippen molar-refractivity contribution in [3.63, 3.8) is 0 Å². The minimum atomic E-state index is -0.975. The molecule has 7 nitrogen and oxygen atoms in total. The van der Waals surface area contributed by atoms with Gasteiger partial charge in [-0.15, -0.1) is 5.10 Å². The molecule has 3 rings (SSSR count). The van der Waals surface area contributed by atoms with Gasteiger partial charge in [-0.3, -0.25) is 4.90 Å². The molecular formula is C19H21N5O2. The second kappa shape index (κ2) is 7.05. The van der Waals surface area contributed by atoms with Crippen LogP contribution in [0.4, 0.5) is 0 Å². The van der Waals surface area contributed by atoms with Crippen molar-refractivity contribution in [1.29, 1.82) is 0 Å². The Hall–Kier alpha value is -3.06. The molecule has 1 heterocycles. The number of carboxylic acid groups (broad SMARTS) is 1. The molecule has 0 bridgehead atoms. The van der Waals surface area contributed by atoms with E-state index in [1.807, 2.05) is 62.3 Å². The molecule has 0 aliphatic carbocycles. The van der Waals surface area contributed by atoms with Crippen molar-refractivity contribution in [3.05, 3.63) is 59.4 Å². The Morgan fingerprint density at radius 3 is 2.46 bits per heavy atom. The summed E-state index contributed by atoms with van der Waals surface area (Å²) in [6, 6.07) is 13.3. The predicted octanol–water partition coefficient (Wildman–Crippen LogP) is 2.96. The van der Waals surface area contributed by atoms with Crippen LogP contribution < -0.4 is 0 Å². The maximum absolute atomic E-state index is 11.8. The van der Waals surface area contributed by atoms with Crippen molar-refractivity contribution in [2.45, 2.75) is 19.9 Å². The largest absolute Gasteiger partial charge is 0.478 e. The molecule has 0 saturated carbocycles. The molecule has 1 unspecified atom stereocenters. The Morgan fingerprint density at radius 1 is 1.15 bits per heavy atom. The maximum atomic E-state index is 11.8. The van der Waals surface area contributed by atoms with Crippen LogP contribution in [0.25, 0.3) is 16.8 Å². The topological polar surface area (TPSA) is 84.1 Å². The fourth-order valence-electron chi connectivity index (χ4n) is 2.80. The number of hydrogen-bond donors (Lipinski definition) is 1. The van der Waals surface area contributed by atoms with Crippen LogP contribution >= 0.6 is 0 Å². The van der Waals surface area contributed by atoms with Gasteiger partial charge in [0.2, 0.25) is 0 Å². The Kier molecular flexibility index (Phi) is 4.81. The minimum Gasteiger partial charge on any atom is -0.478 e. The van der Waals surface area contributed by atoms with Gasteiger partial charge in [-0.2, -0.15) is 4.68 Å². The lowest BCUT2D eigenvalue weighted by Crippen LogP contribution is -2.21. The van der Waals surface area contributed by atoms with Crippen LogP contribution in [-0.4, -0.2) is 50.3 Å². The van der Waals surface area contributed by atoms with Gasteiger partial charge in [-0.05, 0) is 67.2 Å². The van der Waals surface area contributed by atoms with Gasteiger partial charge < -0.3 is 5.11 Å². The summed E-state index contributed by atoms with van der Waals surface area (Å²) in [4.78, 5) is 13.8. The quantitative estimate of drug-likeness (QED) is 0.761. The molecule has 0 aliphatic heterocycles. The molecule has 3 aromatic rings. The summed E-state index contributed by atoms with van der Waals surface area (Å²) >= 11 is 0. The molecule has 26 heavy (non-hydrogen) atoms. The zero-order valence-corrected chi connectivity index (χ0v) is 15.2. The van der Waals surface area contributed by atoms with Crippen LogP contribution in [0.3, 0.4) is 0 Å². The van der Waals surface area contributed by atoms with E-state index in [4.69, 9.17) is 0 Å². The van der Waals surface area contributed by atoms with Crippen LogP contribution in [0.15, 0.2) is 42.5 Å². The van der Waals surface area contributed by atoms with Crippen LogP contribution in [0.2, 0.25) is 0 Å². The number of carbonyl (C=O) groups is 1. The molecule has 1 atom stereocenters. The van der Waals surface area contributed by atoms with Crippen molar-refractivity contribution in [3.8, 4) is 16.8 Å². The molecule has 0 aliphatic rings. The van der Waals surface area contributed by atoms with Crippen molar-refractivity contribution in [1.82, 2.24) is 25.1 Å². The van der Waals surface area contributed by atoms with E-state index >= 15 is 0 Å². The van der Waals surface area contributed by atoms with Gasteiger partial charge in [0, 0.05) is 0 Å². The lowest BCUT2D eigenvalue weighted by atomic mass is 9.98. The Morgan fingerprint density at radius 2 is 1.85 bits per heavy atom. The van der Waals surface area contributed by atoms with E-state index in [9.17, 15) is 9.90 Å². The number of carboxylic acids is 1. The van der Waals surface area contributed by atoms with Gasteiger partial charge >= 0.3 is 5.97 Å². The number of benzene rings is 2. The first-order chi connectivity index (χ1) is 12.4. The van der Waals surface area contributed by atoms with Gasteiger partial charge in [0.25, 0.3) is 0 Å². The Labute approximate surface area is 151 Å². The van der Waals surface area contributed by atoms with Crippen LogP contribution in [0.1, 0.15) is 34.7 Å². The van der Waals surface area contributed by atoms with Crippen LogP contribution in [0.5, 0.6) is 0 Å². The molecule has 7 heteroatoms. The second-order valence-electron chi connectivity index (χ2n) is 6.43. The number of aromatic nitrogens is 4. The number of rotatable bonds is 5. The van der Waals surface area contributed by atoms with E-state index in [0.29, 0.717) is 17.1 Å². The van der Waals surface area contributed by atoms with Crippen molar-refractivity contribution in [2.24, 2.45) is 0 Å². The highest BCUT2D eigenvalue weighted by molar-refractivity contribution is 5.92. The first-order valence-electron chi connectivity index (χ1n) is 8.28. The van der Waals surface area contributed by atoms with Crippen molar-refractivity contribution in [2.75, 3.05) is 14.1 Å². The zero-order valence-electron chi connectivity index (χ0n) is 15.2. The summed E-state index contributed by atoms with van der Waals surface area (Å²) < 4.78 is 1.62. The average molecular weight is 351 g/mol. The normalized spacial score (nSPS) is 12.3. The third-order valence-corrected chi connectivity index (χ3v) is 4.59. The average Bonchev–Trinajstić information content (AvgIpc) is 3.11. The van der Waals surface area contributed by atoms with Gasteiger partial charge in [0.15, 0.2) is 5.82 Å². The summed E-state index contributed by atoms with van der Waals surface area (Å²) in [6.45, 7) is 3.77. The molecule has 0 radical (unpaired) electrons. The highest BCUT2D eigenvalue weighted by Crippen LogP contribution is 2.29. The number of nitrogens with zero attached hydrogens (tertiary/aromatic N) is 5. The zero-order chi connectivity index (χ0) is 18.8. The molecule has 0 amide bonds. The van der Waals surface area contributed by atoms with Gasteiger partial charge in [-0.25, -0.2) is 4.79 Å². The number of tetrazole rings is 1. The third kappa shape index (κ3) is 3.21. The summed E-state index contributed by atoms with van der Waals surface area (Å²) in [5.41, 5.74) is 3.27. The summed E-state index contributed by atoms with van der Waals surface area (Å²) in [5.74, 6) is -0.323. The standard InChI is InChI=1S/C19H21N5O2/c1-12-16(19(25)26)10-15(14-8-6-5-7-9-14)11-17(12)24-18(20-21-22-24)13(2)23(3)4/h5-11,13H,1-4H3,(H,25,26). The lowest BCUT2D eigenvalue weighted by molar-refractivity contribution is 0.0696. The maximum Gasteiger partial charge on any atom is 0.336 e. The van der Waals surface area contributed by atoms with E-state index in [-0.39, 0.29) is 11.6 Å². The van der Waals surface area contributed by atoms with Gasteiger partial charge in [-0.1, -0.05) is 30.3 Å². The molecule has 0 saturated heterocycles. The SMILES string of the molecule is Cc1c(C(=O)O)cc(-c2ccccc2)cc1-n1nnnc1C(C)N(C)C. The molecule has 1 N–H and O–H groups in total. The van der Waals surface area contributed by atoms with E-state index < -0.39 is 5.97 Å². The number of aromatic carboxylic acids is 1. The molecular weight excluding hydrogens is 330 g/mol. The van der Waals surface area contributed by atoms with Gasteiger partial charge in [0.05, 0.1) is 17.3 Å². The minimum absolute atomic E-state index is 0.0296. The van der Waals surface area contributed by atoms with Crippen LogP contribution in [-0.2, 0) is 0 Å². The van der Waals surface area contributed by atoms with Gasteiger partial charge in [0.1, 0.15) is 0 Å². The van der Waals surface area contributed by atoms with Crippen molar-refractivity contribution >= 4 is 5.97 Å². The summed E-state index contributed by atoms with van der Waals surface area (Å²) in [6.07, 6.45) is 0. The lowest BCUT2D eigenvalue weighted by Gasteiger charge is -2.20. The molecule has 0 fully saturated rings. The number of hydrogen-bond acceptors (Lipinski definition) is 5. The Bertz CT molecular complexity index is 934. The van der Waals surface area contributed by atoms with Crippen molar-refractivity contribution < 1.29 is 9.90 Å². The van der Waals surface area contributed by atoms with E-state index in [1.165, 1.54) is 0 Å². The fourth-order valence-corrected chi connectivity index (χ4v) is 2.80.